The van der Waals surface area contributed by atoms with Crippen LogP contribution in [0.15, 0.2) is 46.7 Å². The van der Waals surface area contributed by atoms with Gasteiger partial charge in [0.15, 0.2) is 0 Å². The van der Waals surface area contributed by atoms with Crippen LogP contribution in [-0.2, 0) is 10.0 Å². The highest BCUT2D eigenvalue weighted by Crippen LogP contribution is 2.36. The van der Waals surface area contributed by atoms with Gasteiger partial charge in [-0.15, -0.1) is 11.3 Å². The molecular formula is C16H23NO2S2Si. The molecule has 22 heavy (non-hydrogen) atoms. The molecule has 3 nitrogen and oxygen atoms in total. The minimum atomic E-state index is -3.46. The summed E-state index contributed by atoms with van der Waals surface area (Å²) < 4.78 is 28.7. The second-order valence-corrected chi connectivity index (χ2v) is 15.3. The molecule has 0 saturated heterocycles. The molecule has 0 radical (unpaired) electrons. The van der Waals surface area contributed by atoms with E-state index in [0.717, 1.165) is 10.4 Å². The van der Waals surface area contributed by atoms with E-state index in [1.165, 1.54) is 11.3 Å². The Morgan fingerprint density at radius 3 is 2.14 bits per heavy atom. The van der Waals surface area contributed by atoms with Gasteiger partial charge in [-0.05, 0) is 22.7 Å². The molecule has 2 aromatic rings. The second-order valence-electron chi connectivity index (χ2n) is 6.97. The summed E-state index contributed by atoms with van der Waals surface area (Å²) in [6.07, 6.45) is 0. The fourth-order valence-corrected chi connectivity index (χ4v) is 8.15. The summed E-state index contributed by atoms with van der Waals surface area (Å²) in [5.41, 5.74) is 1.04. The maximum Gasteiger partial charge on any atom is 0.244 e. The lowest BCUT2D eigenvalue weighted by atomic mass is 10.2. The molecule has 0 bridgehead atoms. The molecule has 1 N–H and O–H groups in total. The van der Waals surface area contributed by atoms with E-state index in [-0.39, 0.29) is 5.04 Å². The van der Waals surface area contributed by atoms with Crippen molar-refractivity contribution in [2.24, 2.45) is 0 Å². The molecule has 0 aliphatic rings. The Hall–Kier alpha value is -0.953. The summed E-state index contributed by atoms with van der Waals surface area (Å²) in [5.74, 6) is 0. The summed E-state index contributed by atoms with van der Waals surface area (Å²) in [7, 11) is -5.58. The molecule has 0 saturated carbocycles. The van der Waals surface area contributed by atoms with Crippen LogP contribution < -0.4 is 4.39 Å². The van der Waals surface area contributed by atoms with Crippen molar-refractivity contribution >= 4 is 29.6 Å². The topological polar surface area (TPSA) is 46.2 Å². The Morgan fingerprint density at radius 1 is 1.00 bits per heavy atom. The van der Waals surface area contributed by atoms with Crippen molar-refractivity contribution in [2.75, 3.05) is 0 Å². The largest absolute Gasteiger partial charge is 0.244 e. The third-order valence-corrected chi connectivity index (χ3v) is 13.5. The van der Waals surface area contributed by atoms with Gasteiger partial charge in [0.25, 0.3) is 0 Å². The maximum absolute atomic E-state index is 12.7. The minimum absolute atomic E-state index is 0.0421. The van der Waals surface area contributed by atoms with E-state index in [2.05, 4.69) is 38.3 Å². The first-order valence-electron chi connectivity index (χ1n) is 7.22. The molecule has 120 valence electrons. The van der Waals surface area contributed by atoms with Crippen molar-refractivity contribution in [1.29, 1.82) is 0 Å². The molecule has 0 spiro atoms. The van der Waals surface area contributed by atoms with E-state index < -0.39 is 18.3 Å². The lowest BCUT2D eigenvalue weighted by Gasteiger charge is -2.36. The number of hydrogen-bond donors (Lipinski definition) is 1. The van der Waals surface area contributed by atoms with Crippen LogP contribution in [0.3, 0.4) is 0 Å². The minimum Gasteiger partial charge on any atom is -0.232 e. The van der Waals surface area contributed by atoms with Crippen LogP contribution in [0, 0.1) is 0 Å². The normalized spacial score (nSPS) is 13.3. The quantitative estimate of drug-likeness (QED) is 0.810. The lowest BCUT2D eigenvalue weighted by molar-refractivity contribution is 0.591. The van der Waals surface area contributed by atoms with Crippen LogP contribution in [-0.4, -0.2) is 16.7 Å². The van der Waals surface area contributed by atoms with Crippen molar-refractivity contribution < 1.29 is 8.42 Å². The predicted octanol–water partition coefficient (Wildman–Crippen LogP) is 4.70. The molecule has 0 fully saturated rings. The molecule has 1 aromatic heterocycles. The van der Waals surface area contributed by atoms with Crippen molar-refractivity contribution in [1.82, 2.24) is 4.39 Å². The smallest absolute Gasteiger partial charge is 0.232 e. The fourth-order valence-electron chi connectivity index (χ4n) is 1.76. The zero-order valence-corrected chi connectivity index (χ0v) is 16.3. The standard InChI is InChI=1S/C16H23NO2S2Si/c1-16(2,3)22(4,5)17-21(18,19)15-12-11-14(20-15)13-9-7-6-8-10-13/h6-12,17H,1-5H3. The molecule has 2 rings (SSSR count). The molecule has 1 aromatic carbocycles. The molecule has 0 aliphatic carbocycles. The highest BCUT2D eigenvalue weighted by Gasteiger charge is 2.39. The van der Waals surface area contributed by atoms with Crippen LogP contribution in [0.5, 0.6) is 0 Å². The first kappa shape index (κ1) is 17.4. The maximum atomic E-state index is 12.7. The molecular weight excluding hydrogens is 330 g/mol. The number of sulfonamides is 1. The van der Waals surface area contributed by atoms with Crippen molar-refractivity contribution in [3.8, 4) is 10.4 Å². The van der Waals surface area contributed by atoms with Gasteiger partial charge in [-0.3, -0.25) is 0 Å². The summed E-state index contributed by atoms with van der Waals surface area (Å²) >= 11 is 1.32. The average molecular weight is 354 g/mol. The predicted molar refractivity (Wildman–Crippen MR) is 97.3 cm³/mol. The van der Waals surface area contributed by atoms with Crippen LogP contribution in [0.25, 0.3) is 10.4 Å². The molecule has 0 amide bonds. The number of hydrogen-bond acceptors (Lipinski definition) is 3. The number of thiophene rings is 1. The van der Waals surface area contributed by atoms with E-state index in [1.807, 2.05) is 36.4 Å². The van der Waals surface area contributed by atoms with Gasteiger partial charge in [-0.25, -0.2) is 12.8 Å². The number of rotatable bonds is 4. The summed E-state index contributed by atoms with van der Waals surface area (Å²) in [4.78, 5) is 0.969. The molecule has 6 heteroatoms. The SMILES string of the molecule is CC(C)(C)[Si](C)(C)NS(=O)(=O)c1ccc(-c2ccccc2)s1. The zero-order chi connectivity index (χ0) is 16.6. The Bertz CT molecular complexity index is 744. The molecule has 0 atom stereocenters. The summed E-state index contributed by atoms with van der Waals surface area (Å²) in [6.45, 7) is 10.4. The van der Waals surface area contributed by atoms with Gasteiger partial charge in [0.1, 0.15) is 12.4 Å². The number of benzene rings is 1. The Labute approximate surface area is 138 Å². The van der Waals surface area contributed by atoms with Crippen molar-refractivity contribution in [2.45, 2.75) is 43.1 Å². The highest BCUT2D eigenvalue weighted by molar-refractivity contribution is 7.93. The van der Waals surface area contributed by atoms with E-state index in [9.17, 15) is 8.42 Å². The Balaban J connectivity index is 2.31. The Morgan fingerprint density at radius 2 is 1.59 bits per heavy atom. The monoisotopic (exact) mass is 353 g/mol. The van der Waals surface area contributed by atoms with Gasteiger partial charge in [0, 0.05) is 4.88 Å². The molecule has 0 aliphatic heterocycles. The van der Waals surface area contributed by atoms with Crippen LogP contribution in [0.1, 0.15) is 20.8 Å². The summed E-state index contributed by atoms with van der Waals surface area (Å²) in [5, 5.41) is -0.0421. The van der Waals surface area contributed by atoms with Crippen molar-refractivity contribution in [3.05, 3.63) is 42.5 Å². The van der Waals surface area contributed by atoms with Gasteiger partial charge in [-0.1, -0.05) is 64.2 Å². The molecule has 0 unspecified atom stereocenters. The van der Waals surface area contributed by atoms with Gasteiger partial charge < -0.3 is 0 Å². The summed E-state index contributed by atoms with van der Waals surface area (Å²) in [6, 6.07) is 13.4. The van der Waals surface area contributed by atoms with E-state index in [4.69, 9.17) is 0 Å². The third kappa shape index (κ3) is 3.68. The third-order valence-electron chi connectivity index (χ3n) is 4.17. The van der Waals surface area contributed by atoms with E-state index >= 15 is 0 Å². The van der Waals surface area contributed by atoms with E-state index in [1.54, 1.807) is 6.07 Å². The lowest BCUT2D eigenvalue weighted by Crippen LogP contribution is -2.54. The first-order chi connectivity index (χ1) is 10.0. The second kappa shape index (κ2) is 5.92. The van der Waals surface area contributed by atoms with E-state index in [0.29, 0.717) is 4.21 Å². The van der Waals surface area contributed by atoms with Crippen molar-refractivity contribution in [3.63, 3.8) is 0 Å². The average Bonchev–Trinajstić information content (AvgIpc) is 2.87. The van der Waals surface area contributed by atoms with Gasteiger partial charge >= 0.3 is 0 Å². The Kier molecular flexibility index (Phi) is 4.68. The zero-order valence-electron chi connectivity index (χ0n) is 13.7. The highest BCUT2D eigenvalue weighted by atomic mass is 32.2. The first-order valence-corrected chi connectivity index (χ1v) is 12.5. The van der Waals surface area contributed by atoms with Crippen LogP contribution in [0.4, 0.5) is 0 Å². The molecule has 1 heterocycles. The van der Waals surface area contributed by atoms with Gasteiger partial charge in [0.05, 0.1) is 0 Å². The van der Waals surface area contributed by atoms with Gasteiger partial charge in [-0.2, -0.15) is 0 Å². The fraction of sp³-hybridized carbons (Fsp3) is 0.375. The van der Waals surface area contributed by atoms with Gasteiger partial charge in [0.2, 0.25) is 10.0 Å². The van der Waals surface area contributed by atoms with Crippen LogP contribution >= 0.6 is 11.3 Å². The van der Waals surface area contributed by atoms with Crippen LogP contribution in [0.2, 0.25) is 18.1 Å². The number of nitrogens with one attached hydrogen (secondary N) is 1.